The van der Waals surface area contributed by atoms with E-state index in [-0.39, 0.29) is 5.92 Å². The van der Waals surface area contributed by atoms with Crippen LogP contribution in [0.15, 0.2) is 0 Å². The zero-order valence-electron chi connectivity index (χ0n) is 10.2. The number of hydrogen-bond donors (Lipinski definition) is 2. The minimum absolute atomic E-state index is 0.152. The van der Waals surface area contributed by atoms with Crippen LogP contribution in [0.25, 0.3) is 0 Å². The predicted octanol–water partition coefficient (Wildman–Crippen LogP) is 1.64. The van der Waals surface area contributed by atoms with Gasteiger partial charge in [-0.15, -0.1) is 0 Å². The van der Waals surface area contributed by atoms with Crippen molar-refractivity contribution in [3.8, 4) is 0 Å². The lowest BCUT2D eigenvalue weighted by Crippen LogP contribution is -2.41. The molecule has 1 saturated carbocycles. The van der Waals surface area contributed by atoms with Crippen molar-refractivity contribution in [1.29, 1.82) is 0 Å². The first kappa shape index (κ1) is 13.5. The molecule has 94 valence electrons. The smallest absolute Gasteiger partial charge is 0.306 e. The van der Waals surface area contributed by atoms with E-state index < -0.39 is 5.97 Å². The minimum Gasteiger partial charge on any atom is -0.481 e. The topological polar surface area (TPSA) is 58.6 Å². The SMILES string of the molecule is COCCC(C)NC1CCCC(C(=O)O)C1. The van der Waals surface area contributed by atoms with Crippen LogP contribution < -0.4 is 5.32 Å². The molecule has 3 atom stereocenters. The van der Waals surface area contributed by atoms with Crippen LogP contribution in [0.3, 0.4) is 0 Å². The van der Waals surface area contributed by atoms with Crippen LogP contribution in [-0.2, 0) is 9.53 Å². The zero-order valence-corrected chi connectivity index (χ0v) is 10.2. The third-order valence-corrected chi connectivity index (χ3v) is 3.30. The summed E-state index contributed by atoms with van der Waals surface area (Å²) in [5.74, 6) is -0.795. The van der Waals surface area contributed by atoms with Gasteiger partial charge in [0.2, 0.25) is 0 Å². The lowest BCUT2D eigenvalue weighted by atomic mass is 9.85. The zero-order chi connectivity index (χ0) is 12.0. The summed E-state index contributed by atoms with van der Waals surface area (Å²) in [5.41, 5.74) is 0. The molecule has 1 aliphatic carbocycles. The van der Waals surface area contributed by atoms with E-state index in [4.69, 9.17) is 9.84 Å². The summed E-state index contributed by atoms with van der Waals surface area (Å²) in [4.78, 5) is 10.9. The van der Waals surface area contributed by atoms with Crippen molar-refractivity contribution in [1.82, 2.24) is 5.32 Å². The summed E-state index contributed by atoms with van der Waals surface area (Å²) in [5, 5.41) is 12.5. The van der Waals surface area contributed by atoms with Gasteiger partial charge in [-0.3, -0.25) is 4.79 Å². The van der Waals surface area contributed by atoms with Gasteiger partial charge >= 0.3 is 5.97 Å². The number of nitrogens with one attached hydrogen (secondary N) is 1. The van der Waals surface area contributed by atoms with Crippen molar-refractivity contribution in [3.05, 3.63) is 0 Å². The van der Waals surface area contributed by atoms with Gasteiger partial charge in [-0.05, 0) is 32.6 Å². The highest BCUT2D eigenvalue weighted by atomic mass is 16.5. The number of ether oxygens (including phenoxy) is 1. The first-order valence-electron chi connectivity index (χ1n) is 6.11. The van der Waals surface area contributed by atoms with Gasteiger partial charge in [0, 0.05) is 25.8 Å². The molecule has 0 saturated heterocycles. The molecule has 0 spiro atoms. The van der Waals surface area contributed by atoms with Crippen molar-refractivity contribution in [2.45, 2.75) is 51.1 Å². The molecule has 0 aromatic rings. The third kappa shape index (κ3) is 4.49. The van der Waals surface area contributed by atoms with Gasteiger partial charge in [-0.1, -0.05) is 6.42 Å². The number of methoxy groups -OCH3 is 1. The molecule has 0 heterocycles. The maximum absolute atomic E-state index is 10.9. The van der Waals surface area contributed by atoms with Gasteiger partial charge in [-0.25, -0.2) is 0 Å². The van der Waals surface area contributed by atoms with E-state index in [0.717, 1.165) is 38.7 Å². The molecule has 16 heavy (non-hydrogen) atoms. The minimum atomic E-state index is -0.643. The average Bonchev–Trinajstić information content (AvgIpc) is 2.26. The Morgan fingerprint density at radius 2 is 2.31 bits per heavy atom. The van der Waals surface area contributed by atoms with Crippen LogP contribution in [0.1, 0.15) is 39.0 Å². The molecule has 3 unspecified atom stereocenters. The summed E-state index contributed by atoms with van der Waals surface area (Å²) < 4.78 is 5.03. The fourth-order valence-electron chi connectivity index (χ4n) is 2.35. The Hall–Kier alpha value is -0.610. The first-order chi connectivity index (χ1) is 7.63. The van der Waals surface area contributed by atoms with Gasteiger partial charge in [0.05, 0.1) is 5.92 Å². The van der Waals surface area contributed by atoms with Gasteiger partial charge in [-0.2, -0.15) is 0 Å². The molecule has 4 heteroatoms. The maximum Gasteiger partial charge on any atom is 0.306 e. The molecule has 0 radical (unpaired) electrons. The van der Waals surface area contributed by atoms with Crippen LogP contribution in [0, 0.1) is 5.92 Å². The number of carbonyl (C=O) groups is 1. The van der Waals surface area contributed by atoms with Gasteiger partial charge in [0.25, 0.3) is 0 Å². The monoisotopic (exact) mass is 229 g/mol. The van der Waals surface area contributed by atoms with E-state index in [1.54, 1.807) is 7.11 Å². The normalized spacial score (nSPS) is 27.6. The lowest BCUT2D eigenvalue weighted by Gasteiger charge is -2.30. The van der Waals surface area contributed by atoms with Crippen molar-refractivity contribution in [2.75, 3.05) is 13.7 Å². The number of aliphatic carboxylic acids is 1. The van der Waals surface area contributed by atoms with Crippen LogP contribution >= 0.6 is 0 Å². The fraction of sp³-hybridized carbons (Fsp3) is 0.917. The molecule has 0 aromatic carbocycles. The first-order valence-corrected chi connectivity index (χ1v) is 6.11. The van der Waals surface area contributed by atoms with E-state index in [9.17, 15) is 4.79 Å². The molecule has 0 amide bonds. The Balaban J connectivity index is 2.28. The Morgan fingerprint density at radius 1 is 1.56 bits per heavy atom. The highest BCUT2D eigenvalue weighted by molar-refractivity contribution is 5.70. The molecule has 1 aliphatic rings. The van der Waals surface area contributed by atoms with Crippen molar-refractivity contribution in [3.63, 3.8) is 0 Å². The Bertz CT molecular complexity index is 220. The van der Waals surface area contributed by atoms with Crippen LogP contribution in [0.2, 0.25) is 0 Å². The second-order valence-electron chi connectivity index (χ2n) is 4.75. The van der Waals surface area contributed by atoms with Gasteiger partial charge in [0.15, 0.2) is 0 Å². The van der Waals surface area contributed by atoms with E-state index in [0.29, 0.717) is 12.1 Å². The highest BCUT2D eigenvalue weighted by Gasteiger charge is 2.27. The van der Waals surface area contributed by atoms with Crippen LogP contribution in [0.4, 0.5) is 0 Å². The number of hydrogen-bond acceptors (Lipinski definition) is 3. The Morgan fingerprint density at radius 3 is 2.94 bits per heavy atom. The van der Waals surface area contributed by atoms with Crippen molar-refractivity contribution in [2.24, 2.45) is 5.92 Å². The Labute approximate surface area is 97.4 Å². The largest absolute Gasteiger partial charge is 0.481 e. The number of carboxylic acids is 1. The van der Waals surface area contributed by atoms with Crippen LogP contribution in [0.5, 0.6) is 0 Å². The molecule has 0 bridgehead atoms. The third-order valence-electron chi connectivity index (χ3n) is 3.30. The fourth-order valence-corrected chi connectivity index (χ4v) is 2.35. The van der Waals surface area contributed by atoms with Gasteiger partial charge < -0.3 is 15.2 Å². The number of carboxylic acid groups (broad SMARTS) is 1. The summed E-state index contributed by atoms with van der Waals surface area (Å²) in [7, 11) is 1.70. The molecule has 1 fully saturated rings. The maximum atomic E-state index is 10.9. The predicted molar refractivity (Wildman–Crippen MR) is 62.5 cm³/mol. The second kappa shape index (κ2) is 6.86. The lowest BCUT2D eigenvalue weighted by molar-refractivity contribution is -0.143. The van der Waals surface area contributed by atoms with Crippen LogP contribution in [-0.4, -0.2) is 36.9 Å². The van der Waals surface area contributed by atoms with E-state index >= 15 is 0 Å². The Kier molecular flexibility index (Phi) is 5.77. The molecule has 0 aromatic heterocycles. The van der Waals surface area contributed by atoms with E-state index in [1.807, 2.05) is 0 Å². The standard InChI is InChI=1S/C12H23NO3/c1-9(6-7-16-2)13-11-5-3-4-10(8-11)12(14)15/h9-11,13H,3-8H2,1-2H3,(H,14,15). The average molecular weight is 229 g/mol. The van der Waals surface area contributed by atoms with Crippen molar-refractivity contribution >= 4 is 5.97 Å². The molecule has 4 nitrogen and oxygen atoms in total. The van der Waals surface area contributed by atoms with E-state index in [1.165, 1.54) is 0 Å². The summed E-state index contributed by atoms with van der Waals surface area (Å²) in [6, 6.07) is 0.763. The molecular weight excluding hydrogens is 206 g/mol. The summed E-state index contributed by atoms with van der Waals surface area (Å²) in [6.07, 6.45) is 4.70. The molecule has 0 aliphatic heterocycles. The summed E-state index contributed by atoms with van der Waals surface area (Å²) in [6.45, 7) is 2.88. The van der Waals surface area contributed by atoms with E-state index in [2.05, 4.69) is 12.2 Å². The highest BCUT2D eigenvalue weighted by Crippen LogP contribution is 2.24. The second-order valence-corrected chi connectivity index (χ2v) is 4.75. The number of rotatable bonds is 6. The van der Waals surface area contributed by atoms with Gasteiger partial charge in [0.1, 0.15) is 0 Å². The summed E-state index contributed by atoms with van der Waals surface area (Å²) >= 11 is 0. The molecule has 2 N–H and O–H groups in total. The quantitative estimate of drug-likeness (QED) is 0.727. The molecular formula is C12H23NO3. The molecule has 1 rings (SSSR count). The van der Waals surface area contributed by atoms with Crippen molar-refractivity contribution < 1.29 is 14.6 Å².